The number of methoxy groups -OCH3 is 2. The van der Waals surface area contributed by atoms with E-state index in [0.29, 0.717) is 23.6 Å². The summed E-state index contributed by atoms with van der Waals surface area (Å²) in [5.74, 6) is 0.987. The largest absolute Gasteiger partial charge is 0.497 e. The van der Waals surface area contributed by atoms with E-state index in [0.717, 1.165) is 25.7 Å². The molecular weight excluding hydrogens is 270 g/mol. The summed E-state index contributed by atoms with van der Waals surface area (Å²) in [6.07, 6.45) is 4.16. The summed E-state index contributed by atoms with van der Waals surface area (Å²) in [6, 6.07) is 5.08. The number of hydrogen-bond acceptors (Lipinski definition) is 4. The van der Waals surface area contributed by atoms with Crippen molar-refractivity contribution in [3.05, 3.63) is 23.8 Å². The number of hydrogen-bond donors (Lipinski definition) is 2. The molecule has 0 unspecified atom stereocenters. The minimum atomic E-state index is -0.174. The summed E-state index contributed by atoms with van der Waals surface area (Å²) in [5.41, 5.74) is 0.343. The molecule has 1 aromatic rings. The molecule has 1 amide bonds. The molecule has 1 fully saturated rings. The highest BCUT2D eigenvalue weighted by atomic mass is 16.5. The van der Waals surface area contributed by atoms with E-state index in [2.05, 4.69) is 5.32 Å². The summed E-state index contributed by atoms with van der Waals surface area (Å²) in [5, 5.41) is 12.5. The number of amides is 1. The fourth-order valence-electron chi connectivity index (χ4n) is 2.82. The van der Waals surface area contributed by atoms with Gasteiger partial charge in [0.25, 0.3) is 5.91 Å². The van der Waals surface area contributed by atoms with Crippen LogP contribution in [0, 0.1) is 5.41 Å². The van der Waals surface area contributed by atoms with Crippen LogP contribution in [0.5, 0.6) is 11.5 Å². The van der Waals surface area contributed by atoms with Gasteiger partial charge in [-0.2, -0.15) is 0 Å². The Hall–Kier alpha value is -1.75. The van der Waals surface area contributed by atoms with Crippen molar-refractivity contribution in [2.75, 3.05) is 27.4 Å². The maximum absolute atomic E-state index is 12.3. The number of aliphatic hydroxyl groups excluding tert-OH is 1. The highest BCUT2D eigenvalue weighted by Crippen LogP contribution is 2.37. The number of nitrogens with one attached hydrogen (secondary N) is 1. The third-order valence-electron chi connectivity index (χ3n) is 4.24. The van der Waals surface area contributed by atoms with Crippen LogP contribution in [-0.4, -0.2) is 38.4 Å². The molecule has 0 spiro atoms. The lowest BCUT2D eigenvalue weighted by Crippen LogP contribution is -2.38. The van der Waals surface area contributed by atoms with Crippen LogP contribution in [-0.2, 0) is 0 Å². The van der Waals surface area contributed by atoms with Crippen molar-refractivity contribution in [3.8, 4) is 11.5 Å². The Morgan fingerprint density at radius 2 is 1.76 bits per heavy atom. The van der Waals surface area contributed by atoms with Crippen molar-refractivity contribution in [2.45, 2.75) is 25.7 Å². The van der Waals surface area contributed by atoms with Gasteiger partial charge in [-0.3, -0.25) is 4.79 Å². The number of carbonyl (C=O) groups excluding carboxylic acids is 1. The van der Waals surface area contributed by atoms with Crippen molar-refractivity contribution < 1.29 is 19.4 Å². The first-order valence-corrected chi connectivity index (χ1v) is 7.24. The lowest BCUT2D eigenvalue weighted by Gasteiger charge is -2.26. The van der Waals surface area contributed by atoms with Crippen LogP contribution in [0.1, 0.15) is 36.0 Å². The Labute approximate surface area is 125 Å². The van der Waals surface area contributed by atoms with Crippen LogP contribution in [0.3, 0.4) is 0 Å². The second-order valence-electron chi connectivity index (χ2n) is 5.65. The average Bonchev–Trinajstić information content (AvgIpc) is 3.01. The van der Waals surface area contributed by atoms with E-state index in [1.165, 1.54) is 0 Å². The smallest absolute Gasteiger partial charge is 0.251 e. The van der Waals surface area contributed by atoms with Gasteiger partial charge in [-0.15, -0.1) is 0 Å². The molecule has 0 saturated heterocycles. The van der Waals surface area contributed by atoms with Gasteiger partial charge in [0.2, 0.25) is 0 Å². The van der Waals surface area contributed by atoms with E-state index >= 15 is 0 Å². The standard InChI is InChI=1S/C16H23NO4/c1-20-13-7-12(8-14(9-13)21-2)15(19)17-10-16(11-18)5-3-4-6-16/h7-9,18H,3-6,10-11H2,1-2H3,(H,17,19). The van der Waals surface area contributed by atoms with E-state index in [-0.39, 0.29) is 17.9 Å². The lowest BCUT2D eigenvalue weighted by atomic mass is 9.87. The Kier molecular flexibility index (Phi) is 5.07. The van der Waals surface area contributed by atoms with E-state index in [1.807, 2.05) is 0 Å². The fourth-order valence-corrected chi connectivity index (χ4v) is 2.82. The molecule has 0 heterocycles. The zero-order chi connectivity index (χ0) is 15.3. The van der Waals surface area contributed by atoms with Crippen LogP contribution in [0.25, 0.3) is 0 Å². The van der Waals surface area contributed by atoms with Gasteiger partial charge >= 0.3 is 0 Å². The molecule has 0 atom stereocenters. The lowest BCUT2D eigenvalue weighted by molar-refractivity contribution is 0.0880. The molecule has 1 aliphatic rings. The van der Waals surface area contributed by atoms with Crippen molar-refractivity contribution in [2.24, 2.45) is 5.41 Å². The maximum atomic E-state index is 12.3. The van der Waals surface area contributed by atoms with Crippen molar-refractivity contribution in [1.82, 2.24) is 5.32 Å². The second-order valence-corrected chi connectivity index (χ2v) is 5.65. The number of ether oxygens (including phenoxy) is 2. The van der Waals surface area contributed by atoms with Gasteiger partial charge in [-0.05, 0) is 25.0 Å². The van der Waals surface area contributed by atoms with Crippen molar-refractivity contribution in [1.29, 1.82) is 0 Å². The molecule has 0 aliphatic heterocycles. The number of carbonyl (C=O) groups is 1. The predicted molar refractivity (Wildman–Crippen MR) is 79.9 cm³/mol. The molecule has 2 rings (SSSR count). The van der Waals surface area contributed by atoms with Crippen LogP contribution >= 0.6 is 0 Å². The van der Waals surface area contributed by atoms with Crippen molar-refractivity contribution >= 4 is 5.91 Å². The molecule has 0 aromatic heterocycles. The number of aliphatic hydroxyl groups is 1. The first kappa shape index (κ1) is 15.6. The molecular formula is C16H23NO4. The third-order valence-corrected chi connectivity index (χ3v) is 4.24. The Bertz CT molecular complexity index is 473. The molecule has 1 saturated carbocycles. The van der Waals surface area contributed by atoms with E-state index in [1.54, 1.807) is 32.4 Å². The molecule has 1 aliphatic carbocycles. The summed E-state index contributed by atoms with van der Waals surface area (Å²) >= 11 is 0. The SMILES string of the molecule is COc1cc(OC)cc(C(=O)NCC2(CO)CCCC2)c1. The molecule has 116 valence electrons. The first-order chi connectivity index (χ1) is 10.1. The van der Waals surface area contributed by atoms with Crippen LogP contribution < -0.4 is 14.8 Å². The summed E-state index contributed by atoms with van der Waals surface area (Å²) < 4.78 is 10.3. The Morgan fingerprint density at radius 1 is 1.19 bits per heavy atom. The maximum Gasteiger partial charge on any atom is 0.251 e. The van der Waals surface area contributed by atoms with Gasteiger partial charge in [-0.25, -0.2) is 0 Å². The van der Waals surface area contributed by atoms with E-state index in [9.17, 15) is 9.90 Å². The van der Waals surface area contributed by atoms with E-state index < -0.39 is 0 Å². The first-order valence-electron chi connectivity index (χ1n) is 7.24. The quantitative estimate of drug-likeness (QED) is 0.841. The average molecular weight is 293 g/mol. The Balaban J connectivity index is 2.06. The molecule has 5 heteroatoms. The van der Waals surface area contributed by atoms with Crippen molar-refractivity contribution in [3.63, 3.8) is 0 Å². The molecule has 0 bridgehead atoms. The van der Waals surface area contributed by atoms with Gasteiger partial charge in [-0.1, -0.05) is 12.8 Å². The summed E-state index contributed by atoms with van der Waals surface area (Å²) in [6.45, 7) is 0.622. The molecule has 2 N–H and O–H groups in total. The summed E-state index contributed by atoms with van der Waals surface area (Å²) in [4.78, 5) is 12.3. The zero-order valence-electron chi connectivity index (χ0n) is 12.6. The van der Waals surface area contributed by atoms with Crippen LogP contribution in [0.2, 0.25) is 0 Å². The van der Waals surface area contributed by atoms with Crippen LogP contribution in [0.15, 0.2) is 18.2 Å². The third kappa shape index (κ3) is 3.67. The second kappa shape index (κ2) is 6.80. The molecule has 21 heavy (non-hydrogen) atoms. The Morgan fingerprint density at radius 3 is 2.24 bits per heavy atom. The monoisotopic (exact) mass is 293 g/mol. The van der Waals surface area contributed by atoms with Gasteiger partial charge in [0.1, 0.15) is 11.5 Å². The van der Waals surface area contributed by atoms with Gasteiger partial charge in [0, 0.05) is 23.6 Å². The van der Waals surface area contributed by atoms with Gasteiger partial charge in [0.05, 0.1) is 20.8 Å². The number of benzene rings is 1. The van der Waals surface area contributed by atoms with Gasteiger partial charge in [0.15, 0.2) is 0 Å². The summed E-state index contributed by atoms with van der Waals surface area (Å²) in [7, 11) is 3.10. The highest BCUT2D eigenvalue weighted by molar-refractivity contribution is 5.95. The number of rotatable bonds is 6. The topological polar surface area (TPSA) is 67.8 Å². The highest BCUT2D eigenvalue weighted by Gasteiger charge is 2.33. The molecule has 1 aromatic carbocycles. The predicted octanol–water partition coefficient (Wildman–Crippen LogP) is 1.99. The van der Waals surface area contributed by atoms with Gasteiger partial charge < -0.3 is 19.9 Å². The molecule has 0 radical (unpaired) electrons. The van der Waals surface area contributed by atoms with E-state index in [4.69, 9.17) is 9.47 Å². The minimum Gasteiger partial charge on any atom is -0.497 e. The normalized spacial score (nSPS) is 16.5. The van der Waals surface area contributed by atoms with Crippen LogP contribution in [0.4, 0.5) is 0 Å². The minimum absolute atomic E-state index is 0.120. The fraction of sp³-hybridized carbons (Fsp3) is 0.562. The molecule has 5 nitrogen and oxygen atoms in total. The zero-order valence-corrected chi connectivity index (χ0v) is 12.6.